The van der Waals surface area contributed by atoms with Gasteiger partial charge in [0.1, 0.15) is 0 Å². The van der Waals surface area contributed by atoms with E-state index >= 15 is 0 Å². The number of nitrogens with zero attached hydrogens (tertiary/aromatic N) is 2. The second-order valence-electron chi connectivity index (χ2n) is 5.65. The van der Waals surface area contributed by atoms with Crippen molar-refractivity contribution in [3.05, 3.63) is 48.3 Å². The molecule has 0 spiro atoms. The van der Waals surface area contributed by atoms with Crippen molar-refractivity contribution in [1.82, 2.24) is 15.1 Å². The van der Waals surface area contributed by atoms with Crippen LogP contribution in [0, 0.1) is 5.92 Å². The van der Waals surface area contributed by atoms with E-state index in [9.17, 15) is 0 Å². The molecule has 0 aliphatic rings. The molecule has 108 valence electrons. The third-order valence-electron chi connectivity index (χ3n) is 3.36. The van der Waals surface area contributed by atoms with E-state index in [0.717, 1.165) is 30.4 Å². The van der Waals surface area contributed by atoms with Crippen molar-refractivity contribution in [2.24, 2.45) is 5.92 Å². The van der Waals surface area contributed by atoms with E-state index in [0.29, 0.717) is 0 Å². The highest BCUT2D eigenvalue weighted by Crippen LogP contribution is 2.07. The molecule has 3 nitrogen and oxygen atoms in total. The lowest BCUT2D eigenvalue weighted by molar-refractivity contribution is 0.519. The number of nitrogens with one attached hydrogen (secondary N) is 1. The van der Waals surface area contributed by atoms with Crippen molar-refractivity contribution in [3.63, 3.8) is 0 Å². The number of para-hydroxylation sites is 1. The monoisotopic (exact) mass is 271 g/mol. The zero-order chi connectivity index (χ0) is 14.2. The third kappa shape index (κ3) is 4.82. The van der Waals surface area contributed by atoms with Crippen LogP contribution >= 0.6 is 0 Å². The first kappa shape index (κ1) is 14.8. The number of benzene rings is 1. The molecular weight excluding hydrogens is 246 g/mol. The van der Waals surface area contributed by atoms with Crippen molar-refractivity contribution in [2.45, 2.75) is 39.7 Å². The molecule has 1 aromatic carbocycles. The number of rotatable bonds is 8. The van der Waals surface area contributed by atoms with E-state index < -0.39 is 0 Å². The molecule has 20 heavy (non-hydrogen) atoms. The fraction of sp³-hybridized carbons (Fsp3) is 0.471. The second kappa shape index (κ2) is 7.85. The summed E-state index contributed by atoms with van der Waals surface area (Å²) in [5.41, 5.74) is 2.20. The standard InChI is InChI=1S/C17H25N3/c1-15(2)8-6-7-12-18-14-16-11-13-20(19-16)17-9-4-3-5-10-17/h3-5,9-11,13,15,18H,6-8,12,14H2,1-2H3. The predicted molar refractivity (Wildman–Crippen MR) is 84.0 cm³/mol. The Labute approximate surface area is 122 Å². The fourth-order valence-electron chi connectivity index (χ4n) is 2.20. The Morgan fingerprint density at radius 2 is 1.90 bits per heavy atom. The maximum atomic E-state index is 4.58. The normalized spacial score (nSPS) is 11.2. The average Bonchev–Trinajstić information content (AvgIpc) is 2.92. The highest BCUT2D eigenvalue weighted by atomic mass is 15.3. The van der Waals surface area contributed by atoms with Crippen molar-refractivity contribution >= 4 is 0 Å². The quantitative estimate of drug-likeness (QED) is 0.740. The Bertz CT molecular complexity index is 488. The second-order valence-corrected chi connectivity index (χ2v) is 5.65. The van der Waals surface area contributed by atoms with Crippen LogP contribution in [0.4, 0.5) is 0 Å². The molecule has 0 aliphatic heterocycles. The van der Waals surface area contributed by atoms with Gasteiger partial charge in [0.15, 0.2) is 0 Å². The first-order chi connectivity index (χ1) is 9.75. The third-order valence-corrected chi connectivity index (χ3v) is 3.36. The number of hydrogen-bond acceptors (Lipinski definition) is 2. The van der Waals surface area contributed by atoms with Crippen molar-refractivity contribution in [1.29, 1.82) is 0 Å². The van der Waals surface area contributed by atoms with Crippen LogP contribution in [0.25, 0.3) is 5.69 Å². The van der Waals surface area contributed by atoms with E-state index in [1.807, 2.05) is 29.1 Å². The molecule has 1 N–H and O–H groups in total. The van der Waals surface area contributed by atoms with E-state index in [-0.39, 0.29) is 0 Å². The van der Waals surface area contributed by atoms with E-state index in [1.165, 1.54) is 19.3 Å². The van der Waals surface area contributed by atoms with E-state index in [1.54, 1.807) is 0 Å². The minimum atomic E-state index is 0.816. The molecule has 0 fully saturated rings. The van der Waals surface area contributed by atoms with Gasteiger partial charge in [0.25, 0.3) is 0 Å². The molecular formula is C17H25N3. The first-order valence-corrected chi connectivity index (χ1v) is 7.56. The fourth-order valence-corrected chi connectivity index (χ4v) is 2.20. The van der Waals surface area contributed by atoms with Crippen LogP contribution < -0.4 is 5.32 Å². The van der Waals surface area contributed by atoms with Gasteiger partial charge in [-0.1, -0.05) is 44.9 Å². The van der Waals surface area contributed by atoms with Crippen molar-refractivity contribution in [3.8, 4) is 5.69 Å². The number of hydrogen-bond donors (Lipinski definition) is 1. The summed E-state index contributed by atoms with van der Waals surface area (Å²) < 4.78 is 1.93. The Morgan fingerprint density at radius 3 is 2.65 bits per heavy atom. The summed E-state index contributed by atoms with van der Waals surface area (Å²) in [6, 6.07) is 12.3. The lowest BCUT2D eigenvalue weighted by Gasteiger charge is -2.05. The van der Waals surface area contributed by atoms with E-state index in [4.69, 9.17) is 0 Å². The number of aromatic nitrogens is 2. The Kier molecular flexibility index (Phi) is 5.81. The van der Waals surface area contributed by atoms with E-state index in [2.05, 4.69) is 42.5 Å². The first-order valence-electron chi connectivity index (χ1n) is 7.56. The Balaban J connectivity index is 1.71. The van der Waals surface area contributed by atoms with Crippen LogP contribution in [-0.2, 0) is 6.54 Å². The molecule has 2 rings (SSSR count). The summed E-state index contributed by atoms with van der Waals surface area (Å²) in [5, 5.41) is 8.05. The van der Waals surface area contributed by atoms with Gasteiger partial charge in [0.05, 0.1) is 11.4 Å². The molecule has 0 bridgehead atoms. The molecule has 0 saturated carbocycles. The zero-order valence-corrected chi connectivity index (χ0v) is 12.5. The van der Waals surface area contributed by atoms with Crippen LogP contribution in [0.1, 0.15) is 38.8 Å². The Morgan fingerprint density at radius 1 is 1.10 bits per heavy atom. The molecule has 0 unspecified atom stereocenters. The molecule has 0 radical (unpaired) electrons. The van der Waals surface area contributed by atoms with Crippen LogP contribution in [0.5, 0.6) is 0 Å². The SMILES string of the molecule is CC(C)CCCCNCc1ccn(-c2ccccc2)n1. The summed E-state index contributed by atoms with van der Waals surface area (Å²) in [6.07, 6.45) is 5.90. The summed E-state index contributed by atoms with van der Waals surface area (Å²) in [4.78, 5) is 0. The van der Waals surface area contributed by atoms with Crippen LogP contribution in [0.2, 0.25) is 0 Å². The van der Waals surface area contributed by atoms with Crippen LogP contribution in [0.15, 0.2) is 42.6 Å². The largest absolute Gasteiger partial charge is 0.311 e. The lowest BCUT2D eigenvalue weighted by Crippen LogP contribution is -2.15. The minimum Gasteiger partial charge on any atom is -0.311 e. The van der Waals surface area contributed by atoms with Gasteiger partial charge < -0.3 is 5.32 Å². The maximum absolute atomic E-state index is 4.58. The van der Waals surface area contributed by atoms with Gasteiger partial charge in [0.2, 0.25) is 0 Å². The molecule has 0 aliphatic carbocycles. The average molecular weight is 271 g/mol. The molecule has 0 amide bonds. The van der Waals surface area contributed by atoms with Crippen molar-refractivity contribution in [2.75, 3.05) is 6.54 Å². The summed E-state index contributed by atoms with van der Waals surface area (Å²) in [5.74, 6) is 0.816. The van der Waals surface area contributed by atoms with Gasteiger partial charge >= 0.3 is 0 Å². The van der Waals surface area contributed by atoms with Crippen LogP contribution in [-0.4, -0.2) is 16.3 Å². The number of unbranched alkanes of at least 4 members (excludes halogenated alkanes) is 1. The molecule has 1 heterocycles. The van der Waals surface area contributed by atoms with Crippen LogP contribution in [0.3, 0.4) is 0 Å². The molecule has 0 atom stereocenters. The molecule has 2 aromatic rings. The zero-order valence-electron chi connectivity index (χ0n) is 12.5. The smallest absolute Gasteiger partial charge is 0.0766 e. The molecule has 3 heteroatoms. The summed E-state index contributed by atoms with van der Waals surface area (Å²) in [7, 11) is 0. The van der Waals surface area contributed by atoms with Gasteiger partial charge in [-0.3, -0.25) is 0 Å². The van der Waals surface area contributed by atoms with Gasteiger partial charge in [-0.25, -0.2) is 4.68 Å². The molecule has 1 aromatic heterocycles. The minimum absolute atomic E-state index is 0.816. The molecule has 0 saturated heterocycles. The highest BCUT2D eigenvalue weighted by molar-refractivity contribution is 5.30. The predicted octanol–water partition coefficient (Wildman–Crippen LogP) is 3.79. The summed E-state index contributed by atoms with van der Waals surface area (Å²) >= 11 is 0. The lowest BCUT2D eigenvalue weighted by atomic mass is 10.1. The van der Waals surface area contributed by atoms with Gasteiger partial charge in [-0.05, 0) is 37.1 Å². The van der Waals surface area contributed by atoms with Gasteiger partial charge in [0, 0.05) is 12.7 Å². The highest BCUT2D eigenvalue weighted by Gasteiger charge is 2.00. The topological polar surface area (TPSA) is 29.9 Å². The van der Waals surface area contributed by atoms with Crippen molar-refractivity contribution < 1.29 is 0 Å². The maximum Gasteiger partial charge on any atom is 0.0766 e. The van der Waals surface area contributed by atoms with Gasteiger partial charge in [-0.15, -0.1) is 0 Å². The van der Waals surface area contributed by atoms with Gasteiger partial charge in [-0.2, -0.15) is 5.10 Å². The summed E-state index contributed by atoms with van der Waals surface area (Å²) in [6.45, 7) is 6.49. The Hall–Kier alpha value is -1.61.